The molecule has 0 aliphatic carbocycles. The first-order chi connectivity index (χ1) is 9.70. The molecule has 0 amide bonds. The predicted octanol–water partition coefficient (Wildman–Crippen LogP) is 3.45. The van der Waals surface area contributed by atoms with Crippen LogP contribution in [0.1, 0.15) is 18.9 Å². The van der Waals surface area contributed by atoms with Crippen molar-refractivity contribution in [3.63, 3.8) is 0 Å². The van der Waals surface area contributed by atoms with Gasteiger partial charge in [-0.25, -0.2) is 0 Å². The lowest BCUT2D eigenvalue weighted by atomic mass is 10.2. The smallest absolute Gasteiger partial charge is 0.0669 e. The lowest BCUT2D eigenvalue weighted by Gasteiger charge is -2.17. The van der Waals surface area contributed by atoms with Gasteiger partial charge in [0.1, 0.15) is 0 Å². The minimum Gasteiger partial charge on any atom is -0.383 e. The number of hydrogen-bond donors (Lipinski definition) is 1. The maximum Gasteiger partial charge on any atom is 0.0669 e. The van der Waals surface area contributed by atoms with E-state index in [0.29, 0.717) is 11.4 Å². The molecule has 2 rings (SSSR count). The van der Waals surface area contributed by atoms with Crippen LogP contribution in [0, 0.1) is 0 Å². The molecule has 1 aliphatic rings. The summed E-state index contributed by atoms with van der Waals surface area (Å²) in [7, 11) is 1.73. The molecule has 1 fully saturated rings. The van der Waals surface area contributed by atoms with E-state index in [4.69, 9.17) is 9.47 Å². The molecule has 1 aromatic carbocycles. The maximum absolute atomic E-state index is 5.65. The SMILES string of the molecule is COCCNCc1cc(Br)ccc1SC1CCOC1C. The molecule has 0 bridgehead atoms. The Balaban J connectivity index is 1.99. The van der Waals surface area contributed by atoms with E-state index in [2.05, 4.69) is 46.4 Å². The maximum atomic E-state index is 5.65. The van der Waals surface area contributed by atoms with Crippen LogP contribution in [0.15, 0.2) is 27.6 Å². The van der Waals surface area contributed by atoms with Crippen molar-refractivity contribution in [3.05, 3.63) is 28.2 Å². The van der Waals surface area contributed by atoms with E-state index < -0.39 is 0 Å². The summed E-state index contributed by atoms with van der Waals surface area (Å²) in [6.45, 7) is 5.53. The van der Waals surface area contributed by atoms with Crippen LogP contribution in [0.2, 0.25) is 0 Å². The molecule has 2 unspecified atom stereocenters. The molecule has 3 nitrogen and oxygen atoms in total. The minimum absolute atomic E-state index is 0.345. The Kier molecular flexibility index (Phi) is 6.84. The monoisotopic (exact) mass is 359 g/mol. The Labute approximate surface area is 133 Å². The van der Waals surface area contributed by atoms with Crippen LogP contribution in [0.25, 0.3) is 0 Å². The van der Waals surface area contributed by atoms with E-state index in [0.717, 1.165) is 37.2 Å². The lowest BCUT2D eigenvalue weighted by Crippen LogP contribution is -2.19. The summed E-state index contributed by atoms with van der Waals surface area (Å²) in [4.78, 5) is 1.35. The summed E-state index contributed by atoms with van der Waals surface area (Å²) in [5, 5.41) is 3.98. The molecule has 1 saturated heterocycles. The topological polar surface area (TPSA) is 30.5 Å². The molecule has 0 aromatic heterocycles. The first-order valence-corrected chi connectivity index (χ1v) is 8.64. The van der Waals surface area contributed by atoms with Gasteiger partial charge in [0, 0.05) is 41.4 Å². The van der Waals surface area contributed by atoms with E-state index in [9.17, 15) is 0 Å². The largest absolute Gasteiger partial charge is 0.383 e. The zero-order valence-electron chi connectivity index (χ0n) is 12.0. The van der Waals surface area contributed by atoms with E-state index >= 15 is 0 Å². The van der Waals surface area contributed by atoms with Gasteiger partial charge in [-0.1, -0.05) is 15.9 Å². The standard InChI is InChI=1S/C15H22BrNO2S/c1-11-14(5-7-19-11)20-15-4-3-13(16)9-12(15)10-17-6-8-18-2/h3-4,9,11,14,17H,5-8,10H2,1-2H3. The van der Waals surface area contributed by atoms with Crippen molar-refractivity contribution < 1.29 is 9.47 Å². The van der Waals surface area contributed by atoms with Gasteiger partial charge in [0.05, 0.1) is 12.7 Å². The number of hydrogen-bond acceptors (Lipinski definition) is 4. The van der Waals surface area contributed by atoms with Crippen molar-refractivity contribution in [2.45, 2.75) is 36.1 Å². The Morgan fingerprint density at radius 2 is 2.35 bits per heavy atom. The summed E-state index contributed by atoms with van der Waals surface area (Å²) >= 11 is 5.50. The fraction of sp³-hybridized carbons (Fsp3) is 0.600. The Bertz CT molecular complexity index is 430. The van der Waals surface area contributed by atoms with Gasteiger partial charge in [-0.2, -0.15) is 0 Å². The summed E-state index contributed by atoms with van der Waals surface area (Å²) in [5.74, 6) is 0. The number of thioether (sulfide) groups is 1. The second-order valence-corrected chi connectivity index (χ2v) is 7.14. The number of nitrogens with one attached hydrogen (secondary N) is 1. The second kappa shape index (κ2) is 8.39. The van der Waals surface area contributed by atoms with Crippen molar-refractivity contribution in [1.29, 1.82) is 0 Å². The van der Waals surface area contributed by atoms with Crippen molar-refractivity contribution in [3.8, 4) is 0 Å². The fourth-order valence-electron chi connectivity index (χ4n) is 2.23. The molecule has 1 N–H and O–H groups in total. The number of ether oxygens (including phenoxy) is 2. The summed E-state index contributed by atoms with van der Waals surface area (Å²) < 4.78 is 11.8. The highest BCUT2D eigenvalue weighted by Crippen LogP contribution is 2.35. The van der Waals surface area contributed by atoms with E-state index in [-0.39, 0.29) is 0 Å². The first kappa shape index (κ1) is 16.3. The average molecular weight is 360 g/mol. The molecule has 0 radical (unpaired) electrons. The Morgan fingerprint density at radius 3 is 3.05 bits per heavy atom. The lowest BCUT2D eigenvalue weighted by molar-refractivity contribution is 0.127. The van der Waals surface area contributed by atoms with E-state index in [1.165, 1.54) is 10.5 Å². The van der Waals surface area contributed by atoms with Gasteiger partial charge in [0.15, 0.2) is 0 Å². The third-order valence-electron chi connectivity index (χ3n) is 3.41. The predicted molar refractivity (Wildman–Crippen MR) is 87.4 cm³/mol. The van der Waals surface area contributed by atoms with E-state index in [1.54, 1.807) is 7.11 Å². The van der Waals surface area contributed by atoms with Crippen LogP contribution in [-0.2, 0) is 16.0 Å². The first-order valence-electron chi connectivity index (χ1n) is 6.97. The third-order valence-corrected chi connectivity index (χ3v) is 5.47. The average Bonchev–Trinajstić information content (AvgIpc) is 2.83. The highest BCUT2D eigenvalue weighted by molar-refractivity contribution is 9.10. The minimum atomic E-state index is 0.345. The molecule has 2 atom stereocenters. The van der Waals surface area contributed by atoms with Gasteiger partial charge < -0.3 is 14.8 Å². The van der Waals surface area contributed by atoms with Gasteiger partial charge in [-0.15, -0.1) is 11.8 Å². The van der Waals surface area contributed by atoms with Crippen LogP contribution >= 0.6 is 27.7 Å². The molecule has 1 heterocycles. The summed E-state index contributed by atoms with van der Waals surface area (Å²) in [6.07, 6.45) is 1.48. The highest BCUT2D eigenvalue weighted by atomic mass is 79.9. The normalized spacial score (nSPS) is 22.4. The van der Waals surface area contributed by atoms with Crippen LogP contribution in [0.4, 0.5) is 0 Å². The van der Waals surface area contributed by atoms with Gasteiger partial charge in [0.2, 0.25) is 0 Å². The summed E-state index contributed by atoms with van der Waals surface area (Å²) in [5.41, 5.74) is 1.33. The Hall–Kier alpha value is -0.0700. The fourth-order valence-corrected chi connectivity index (χ4v) is 3.88. The highest BCUT2D eigenvalue weighted by Gasteiger charge is 2.25. The molecular formula is C15H22BrNO2S. The number of halogens is 1. The zero-order chi connectivity index (χ0) is 14.4. The van der Waals surface area contributed by atoms with Crippen LogP contribution in [-0.4, -0.2) is 38.2 Å². The van der Waals surface area contributed by atoms with Crippen LogP contribution in [0.5, 0.6) is 0 Å². The Morgan fingerprint density at radius 1 is 1.50 bits per heavy atom. The number of rotatable bonds is 7. The molecule has 5 heteroatoms. The molecule has 20 heavy (non-hydrogen) atoms. The van der Waals surface area contributed by atoms with Crippen molar-refractivity contribution in [2.24, 2.45) is 0 Å². The van der Waals surface area contributed by atoms with Crippen molar-refractivity contribution in [2.75, 3.05) is 26.9 Å². The van der Waals surface area contributed by atoms with Crippen LogP contribution < -0.4 is 5.32 Å². The molecule has 1 aliphatic heterocycles. The van der Waals surface area contributed by atoms with Crippen molar-refractivity contribution >= 4 is 27.7 Å². The number of methoxy groups -OCH3 is 1. The van der Waals surface area contributed by atoms with Crippen LogP contribution in [0.3, 0.4) is 0 Å². The quantitative estimate of drug-likeness (QED) is 0.755. The third kappa shape index (κ3) is 4.74. The molecule has 1 aromatic rings. The molecule has 0 saturated carbocycles. The van der Waals surface area contributed by atoms with Gasteiger partial charge in [-0.3, -0.25) is 0 Å². The molecular weight excluding hydrogens is 338 g/mol. The van der Waals surface area contributed by atoms with E-state index in [1.807, 2.05) is 11.8 Å². The van der Waals surface area contributed by atoms with Gasteiger partial charge >= 0.3 is 0 Å². The zero-order valence-corrected chi connectivity index (χ0v) is 14.4. The second-order valence-electron chi connectivity index (χ2n) is 4.94. The molecule has 0 spiro atoms. The number of benzene rings is 1. The van der Waals surface area contributed by atoms with Gasteiger partial charge in [0.25, 0.3) is 0 Å². The molecule has 112 valence electrons. The van der Waals surface area contributed by atoms with Gasteiger partial charge in [-0.05, 0) is 37.1 Å². The van der Waals surface area contributed by atoms with Crippen molar-refractivity contribution in [1.82, 2.24) is 5.32 Å². The summed E-state index contributed by atoms with van der Waals surface area (Å²) in [6, 6.07) is 6.51.